The molecule has 3 unspecified atom stereocenters. The number of anilines is 1. The molecule has 0 spiro atoms. The first-order valence-electron chi connectivity index (χ1n) is 11.6. The Balaban J connectivity index is 1.46. The van der Waals surface area contributed by atoms with E-state index in [0.29, 0.717) is 11.8 Å². The molecule has 1 saturated heterocycles. The Labute approximate surface area is 184 Å². The molecule has 166 valence electrons. The molecule has 4 rings (SSSR count). The summed E-state index contributed by atoms with van der Waals surface area (Å²) in [6.45, 7) is 2.07. The van der Waals surface area contributed by atoms with Crippen molar-refractivity contribution >= 4 is 11.7 Å². The van der Waals surface area contributed by atoms with E-state index in [4.69, 9.17) is 4.74 Å². The second-order valence-corrected chi connectivity index (χ2v) is 9.03. The topological polar surface area (TPSA) is 70.0 Å². The predicted octanol–water partition coefficient (Wildman–Crippen LogP) is 5.33. The van der Waals surface area contributed by atoms with Crippen molar-refractivity contribution in [3.8, 4) is 11.5 Å². The molecule has 2 heterocycles. The summed E-state index contributed by atoms with van der Waals surface area (Å²) in [7, 11) is 0. The summed E-state index contributed by atoms with van der Waals surface area (Å²) in [4.78, 5) is 13.7. The molecule has 0 radical (unpaired) electrons. The Morgan fingerprint density at radius 2 is 2.00 bits per heavy atom. The van der Waals surface area contributed by atoms with Gasteiger partial charge in [0.2, 0.25) is 0 Å². The van der Waals surface area contributed by atoms with Crippen LogP contribution in [0, 0.1) is 0 Å². The molecule has 0 amide bonds. The Kier molecular flexibility index (Phi) is 6.69. The van der Waals surface area contributed by atoms with Crippen molar-refractivity contribution in [2.24, 2.45) is 0 Å². The number of benzene rings is 2. The van der Waals surface area contributed by atoms with E-state index in [1.54, 1.807) is 6.07 Å². The lowest BCUT2D eigenvalue weighted by Gasteiger charge is -2.47. The first-order chi connectivity index (χ1) is 15.0. The van der Waals surface area contributed by atoms with Crippen molar-refractivity contribution in [2.45, 2.75) is 82.9 Å². The van der Waals surface area contributed by atoms with Gasteiger partial charge in [-0.2, -0.15) is 0 Å². The number of aliphatic carboxylic acids is 1. The lowest BCUT2D eigenvalue weighted by Crippen LogP contribution is -2.50. The van der Waals surface area contributed by atoms with Crippen LogP contribution in [-0.2, 0) is 17.6 Å². The number of aromatic hydroxyl groups is 1. The smallest absolute Gasteiger partial charge is 0.305 e. The van der Waals surface area contributed by atoms with Crippen molar-refractivity contribution < 1.29 is 19.7 Å². The predicted molar refractivity (Wildman–Crippen MR) is 122 cm³/mol. The average molecular weight is 424 g/mol. The van der Waals surface area contributed by atoms with Crippen molar-refractivity contribution in [1.29, 1.82) is 0 Å². The van der Waals surface area contributed by atoms with Gasteiger partial charge in [-0.1, -0.05) is 30.3 Å². The molecule has 3 atom stereocenters. The van der Waals surface area contributed by atoms with Gasteiger partial charge in [0.25, 0.3) is 0 Å². The number of carbonyl (C=O) groups is 1. The number of nitrogens with zero attached hydrogens (tertiary/aromatic N) is 1. The highest BCUT2D eigenvalue weighted by Crippen LogP contribution is 2.44. The number of piperidine rings is 1. The first kappa shape index (κ1) is 21.5. The fourth-order valence-electron chi connectivity index (χ4n) is 5.26. The molecule has 2 N–H and O–H groups in total. The molecular formula is C26H33NO4. The van der Waals surface area contributed by atoms with Crippen LogP contribution < -0.4 is 9.64 Å². The van der Waals surface area contributed by atoms with Crippen LogP contribution in [0.25, 0.3) is 0 Å². The molecule has 31 heavy (non-hydrogen) atoms. The Morgan fingerprint density at radius 3 is 2.77 bits per heavy atom. The van der Waals surface area contributed by atoms with E-state index in [1.807, 2.05) is 12.1 Å². The van der Waals surface area contributed by atoms with Gasteiger partial charge in [0.15, 0.2) is 0 Å². The lowest BCUT2D eigenvalue weighted by molar-refractivity contribution is -0.137. The second-order valence-electron chi connectivity index (χ2n) is 9.03. The maximum atomic E-state index is 11.4. The Bertz CT molecular complexity index is 898. The molecule has 0 saturated carbocycles. The van der Waals surface area contributed by atoms with Crippen molar-refractivity contribution in [2.75, 3.05) is 4.90 Å². The van der Waals surface area contributed by atoms with Crippen LogP contribution in [0.3, 0.4) is 0 Å². The fourth-order valence-corrected chi connectivity index (χ4v) is 5.26. The third-order valence-electron chi connectivity index (χ3n) is 6.71. The van der Waals surface area contributed by atoms with Gasteiger partial charge in [0, 0.05) is 35.5 Å². The summed E-state index contributed by atoms with van der Waals surface area (Å²) in [6, 6.07) is 14.5. The zero-order valence-corrected chi connectivity index (χ0v) is 18.3. The number of carboxylic acids is 1. The molecule has 1 fully saturated rings. The summed E-state index contributed by atoms with van der Waals surface area (Å²) in [5.74, 6) is 0.173. The van der Waals surface area contributed by atoms with Gasteiger partial charge in [-0.15, -0.1) is 0 Å². The van der Waals surface area contributed by atoms with E-state index in [9.17, 15) is 15.0 Å². The van der Waals surface area contributed by atoms with E-state index >= 15 is 0 Å². The molecule has 5 nitrogen and oxygen atoms in total. The maximum Gasteiger partial charge on any atom is 0.305 e. The highest BCUT2D eigenvalue weighted by Gasteiger charge is 2.37. The highest BCUT2D eigenvalue weighted by molar-refractivity contribution is 5.71. The number of phenols is 1. The first-order valence-corrected chi connectivity index (χ1v) is 11.6. The van der Waals surface area contributed by atoms with E-state index in [2.05, 4.69) is 36.1 Å². The van der Waals surface area contributed by atoms with Crippen LogP contribution in [0.5, 0.6) is 11.5 Å². The number of rotatable bonds is 8. The van der Waals surface area contributed by atoms with Crippen molar-refractivity contribution in [3.05, 3.63) is 53.6 Å². The third kappa shape index (κ3) is 5.15. The number of aryl methyl sites for hydroxylation is 1. The number of phenolic OH excluding ortho intramolecular Hbond substituents is 1. The minimum absolute atomic E-state index is 0.0201. The maximum absolute atomic E-state index is 11.4. The molecule has 0 bridgehead atoms. The molecule has 2 aromatic rings. The van der Waals surface area contributed by atoms with Gasteiger partial charge < -0.3 is 19.8 Å². The van der Waals surface area contributed by atoms with E-state index < -0.39 is 5.97 Å². The minimum atomic E-state index is -0.763. The SMILES string of the molecule is CC(CCCc1ccccc1)Oc1cc(O)c2c(c1)N1C(CCCC1CC(=O)O)CC2. The minimum Gasteiger partial charge on any atom is -0.507 e. The Hall–Kier alpha value is -2.69. The van der Waals surface area contributed by atoms with Gasteiger partial charge in [0.05, 0.1) is 12.5 Å². The van der Waals surface area contributed by atoms with Crippen LogP contribution in [0.1, 0.15) is 63.0 Å². The highest BCUT2D eigenvalue weighted by atomic mass is 16.5. The number of carboxylic acid groups (broad SMARTS) is 1. The van der Waals surface area contributed by atoms with E-state index in [0.717, 1.165) is 62.6 Å². The summed E-state index contributed by atoms with van der Waals surface area (Å²) < 4.78 is 6.19. The normalized spacial score (nSPS) is 21.1. The van der Waals surface area contributed by atoms with E-state index in [1.165, 1.54) is 5.56 Å². The van der Waals surface area contributed by atoms with Gasteiger partial charge in [0.1, 0.15) is 11.5 Å². The molecule has 2 aliphatic heterocycles. The zero-order valence-electron chi connectivity index (χ0n) is 18.3. The lowest BCUT2D eigenvalue weighted by atomic mass is 9.85. The number of ether oxygens (including phenoxy) is 1. The molecule has 0 aliphatic carbocycles. The quantitative estimate of drug-likeness (QED) is 0.600. The number of hydrogen-bond donors (Lipinski definition) is 2. The summed E-state index contributed by atoms with van der Waals surface area (Å²) in [6.07, 6.45) is 7.99. The van der Waals surface area contributed by atoms with Crippen molar-refractivity contribution in [1.82, 2.24) is 0 Å². The number of fused-ring (bicyclic) bond motifs is 3. The number of hydrogen-bond acceptors (Lipinski definition) is 4. The van der Waals surface area contributed by atoms with Gasteiger partial charge in [-0.25, -0.2) is 0 Å². The molecule has 2 aliphatic rings. The monoisotopic (exact) mass is 423 g/mol. The third-order valence-corrected chi connectivity index (χ3v) is 6.71. The zero-order chi connectivity index (χ0) is 21.8. The fraction of sp³-hybridized carbons (Fsp3) is 0.500. The van der Waals surface area contributed by atoms with Gasteiger partial charge >= 0.3 is 5.97 Å². The average Bonchev–Trinajstić information content (AvgIpc) is 2.74. The second kappa shape index (κ2) is 9.63. The molecular weight excluding hydrogens is 390 g/mol. The van der Waals surface area contributed by atoms with Crippen LogP contribution in [0.4, 0.5) is 5.69 Å². The summed E-state index contributed by atoms with van der Waals surface area (Å²) in [5, 5.41) is 20.1. The van der Waals surface area contributed by atoms with E-state index in [-0.39, 0.29) is 24.3 Å². The van der Waals surface area contributed by atoms with Gasteiger partial charge in [-0.3, -0.25) is 4.79 Å². The van der Waals surface area contributed by atoms with Gasteiger partial charge in [-0.05, 0) is 63.9 Å². The van der Waals surface area contributed by atoms with Crippen LogP contribution in [0.15, 0.2) is 42.5 Å². The van der Waals surface area contributed by atoms with Crippen LogP contribution in [-0.4, -0.2) is 34.4 Å². The Morgan fingerprint density at radius 1 is 1.19 bits per heavy atom. The van der Waals surface area contributed by atoms with Crippen molar-refractivity contribution in [3.63, 3.8) is 0 Å². The standard InChI is InChI=1S/C26H33NO4/c1-18(7-5-10-19-8-3-2-4-9-19)31-22-16-24-23(25(28)17-22)14-13-20-11-6-12-21(27(20)24)15-26(29)30/h2-4,8-9,16-18,20-21,28H,5-7,10-15H2,1H3,(H,29,30). The molecule has 2 aromatic carbocycles. The molecule has 0 aromatic heterocycles. The van der Waals surface area contributed by atoms with Crippen LogP contribution in [0.2, 0.25) is 0 Å². The summed E-state index contributed by atoms with van der Waals surface area (Å²) >= 11 is 0. The summed E-state index contributed by atoms with van der Waals surface area (Å²) in [5.41, 5.74) is 3.23. The molecule has 5 heteroatoms. The van der Waals surface area contributed by atoms with Crippen LogP contribution >= 0.6 is 0 Å². The largest absolute Gasteiger partial charge is 0.507 e.